The first-order chi connectivity index (χ1) is 17.3. The molecule has 6 aromatic rings. The van der Waals surface area contributed by atoms with Gasteiger partial charge in [0.25, 0.3) is 0 Å². The Bertz CT molecular complexity index is 1760. The summed E-state index contributed by atoms with van der Waals surface area (Å²) in [4.78, 5) is 2.28. The second-order valence-electron chi connectivity index (χ2n) is 9.14. The van der Waals surface area contributed by atoms with Crippen LogP contribution in [0.15, 0.2) is 115 Å². The van der Waals surface area contributed by atoms with E-state index in [1.165, 1.54) is 61.1 Å². The summed E-state index contributed by atoms with van der Waals surface area (Å²) < 4.78 is 2.36. The zero-order valence-corrected chi connectivity index (χ0v) is 19.5. The van der Waals surface area contributed by atoms with Crippen molar-refractivity contribution in [2.24, 2.45) is 0 Å². The predicted octanol–water partition coefficient (Wildman–Crippen LogP) is 8.70. The van der Waals surface area contributed by atoms with Crippen LogP contribution in [-0.2, 0) is 0 Å². The average molecular weight is 449 g/mol. The fourth-order valence-corrected chi connectivity index (χ4v) is 5.42. The Kier molecular flexibility index (Phi) is 4.40. The lowest BCUT2D eigenvalue weighted by atomic mass is 9.99. The van der Waals surface area contributed by atoms with Crippen molar-refractivity contribution in [1.82, 2.24) is 4.57 Å². The van der Waals surface area contributed by atoms with Gasteiger partial charge in [0.05, 0.1) is 11.0 Å². The van der Waals surface area contributed by atoms with Crippen LogP contribution in [0.5, 0.6) is 0 Å². The summed E-state index contributed by atoms with van der Waals surface area (Å²) in [5.74, 6) is 0. The molecule has 1 aliphatic rings. The van der Waals surface area contributed by atoms with E-state index in [4.69, 9.17) is 0 Å². The number of rotatable bonds is 2. The summed E-state index contributed by atoms with van der Waals surface area (Å²) in [5, 5.41) is 2.55. The van der Waals surface area contributed by atoms with Gasteiger partial charge in [-0.05, 0) is 70.8 Å². The first-order valence-corrected chi connectivity index (χ1v) is 12.0. The number of nitrogens with zero attached hydrogens (tertiary/aromatic N) is 2. The van der Waals surface area contributed by atoms with E-state index >= 15 is 0 Å². The molecule has 0 radical (unpaired) electrons. The van der Waals surface area contributed by atoms with Crippen LogP contribution < -0.4 is 4.90 Å². The largest absolute Gasteiger partial charge is 0.344 e. The van der Waals surface area contributed by atoms with Crippen LogP contribution in [0.25, 0.3) is 50.8 Å². The lowest BCUT2D eigenvalue weighted by Gasteiger charge is -2.22. The summed E-state index contributed by atoms with van der Waals surface area (Å²) in [6, 6.07) is 41.5. The number of hydrogen-bond donors (Lipinski definition) is 0. The van der Waals surface area contributed by atoms with E-state index in [9.17, 15) is 0 Å². The van der Waals surface area contributed by atoms with Crippen LogP contribution in [0.1, 0.15) is 11.1 Å². The second-order valence-corrected chi connectivity index (χ2v) is 9.14. The number of fused-ring (bicyclic) bond motifs is 5. The minimum atomic E-state index is 1.18. The molecule has 2 nitrogen and oxygen atoms in total. The second kappa shape index (κ2) is 7.75. The van der Waals surface area contributed by atoms with Crippen LogP contribution in [0.4, 0.5) is 11.4 Å². The van der Waals surface area contributed by atoms with Crippen molar-refractivity contribution in [1.29, 1.82) is 0 Å². The lowest BCUT2D eigenvalue weighted by molar-refractivity contribution is 1.18. The third-order valence-electron chi connectivity index (χ3n) is 7.15. The quantitative estimate of drug-likeness (QED) is 0.257. The zero-order valence-electron chi connectivity index (χ0n) is 19.5. The maximum absolute atomic E-state index is 2.36. The highest BCUT2D eigenvalue weighted by atomic mass is 15.1. The number of anilines is 2. The third kappa shape index (κ3) is 3.11. The summed E-state index contributed by atoms with van der Waals surface area (Å²) >= 11 is 0. The van der Waals surface area contributed by atoms with E-state index in [2.05, 4.69) is 144 Å². The molecule has 35 heavy (non-hydrogen) atoms. The van der Waals surface area contributed by atoms with Gasteiger partial charge >= 0.3 is 0 Å². The molecule has 1 aliphatic heterocycles. The number of para-hydroxylation sites is 3. The van der Waals surface area contributed by atoms with Crippen molar-refractivity contribution >= 4 is 45.3 Å². The predicted molar refractivity (Wildman–Crippen MR) is 150 cm³/mol. The van der Waals surface area contributed by atoms with Gasteiger partial charge in [-0.1, -0.05) is 78.9 Å². The van der Waals surface area contributed by atoms with E-state index in [0.29, 0.717) is 0 Å². The van der Waals surface area contributed by atoms with E-state index in [-0.39, 0.29) is 0 Å². The molecule has 0 aliphatic carbocycles. The third-order valence-corrected chi connectivity index (χ3v) is 7.15. The topological polar surface area (TPSA) is 8.17 Å². The summed E-state index contributed by atoms with van der Waals surface area (Å²) in [6.45, 7) is 0. The van der Waals surface area contributed by atoms with Gasteiger partial charge in [-0.15, -0.1) is 0 Å². The molecular formula is C33H24N2. The molecule has 2 heterocycles. The van der Waals surface area contributed by atoms with Crippen LogP contribution in [0, 0.1) is 0 Å². The van der Waals surface area contributed by atoms with E-state index in [1.807, 2.05) is 0 Å². The van der Waals surface area contributed by atoms with Crippen molar-refractivity contribution in [3.05, 3.63) is 126 Å². The summed E-state index contributed by atoms with van der Waals surface area (Å²) in [6.07, 6.45) is 4.46. The molecule has 0 saturated carbocycles. The van der Waals surface area contributed by atoms with Crippen molar-refractivity contribution in [2.75, 3.05) is 11.9 Å². The highest BCUT2D eigenvalue weighted by Crippen LogP contribution is 2.39. The molecule has 0 bridgehead atoms. The van der Waals surface area contributed by atoms with Gasteiger partial charge < -0.3 is 9.47 Å². The van der Waals surface area contributed by atoms with Crippen molar-refractivity contribution in [3.8, 4) is 16.8 Å². The molecular weight excluding hydrogens is 424 g/mol. The van der Waals surface area contributed by atoms with E-state index < -0.39 is 0 Å². The van der Waals surface area contributed by atoms with Gasteiger partial charge in [-0.25, -0.2) is 0 Å². The molecule has 2 heteroatoms. The lowest BCUT2D eigenvalue weighted by Crippen LogP contribution is -2.11. The van der Waals surface area contributed by atoms with Gasteiger partial charge in [0.15, 0.2) is 0 Å². The Hall–Kier alpha value is -4.56. The van der Waals surface area contributed by atoms with Crippen LogP contribution in [0.2, 0.25) is 0 Å². The molecule has 166 valence electrons. The van der Waals surface area contributed by atoms with E-state index in [0.717, 1.165) is 0 Å². The number of hydrogen-bond acceptors (Lipinski definition) is 1. The minimum absolute atomic E-state index is 1.18. The molecule has 0 fully saturated rings. The van der Waals surface area contributed by atoms with Crippen molar-refractivity contribution in [2.45, 2.75) is 0 Å². The molecule has 0 spiro atoms. The molecule has 1 aromatic heterocycles. The fraction of sp³-hybridized carbons (Fsp3) is 0.0303. The smallest absolute Gasteiger partial charge is 0.0541 e. The molecule has 0 N–H and O–H groups in total. The Balaban J connectivity index is 1.40. The molecule has 7 rings (SSSR count). The monoisotopic (exact) mass is 448 g/mol. The normalized spacial score (nSPS) is 12.5. The zero-order chi connectivity index (χ0) is 23.4. The van der Waals surface area contributed by atoms with Gasteiger partial charge in [0, 0.05) is 34.9 Å². The van der Waals surface area contributed by atoms with Crippen LogP contribution in [-0.4, -0.2) is 11.6 Å². The Labute approximate surface area is 205 Å². The highest BCUT2D eigenvalue weighted by molar-refractivity contribution is 6.10. The number of benzene rings is 5. The standard InChI is InChI=1S/C33H24N2/c1-34-30-13-7-5-9-23(30)15-16-26-21-24(17-19-31(26)34)25-18-20-33-29(22-25)28-12-6-8-14-32(28)35(33)27-10-3-2-4-11-27/h2-22H,1H3. The maximum atomic E-state index is 2.36. The summed E-state index contributed by atoms with van der Waals surface area (Å²) in [5.41, 5.74) is 11.0. The van der Waals surface area contributed by atoms with Gasteiger partial charge in [0.1, 0.15) is 0 Å². The first-order valence-electron chi connectivity index (χ1n) is 12.0. The van der Waals surface area contributed by atoms with Gasteiger partial charge in [0.2, 0.25) is 0 Å². The molecule has 0 amide bonds. The van der Waals surface area contributed by atoms with Crippen LogP contribution >= 0.6 is 0 Å². The van der Waals surface area contributed by atoms with Gasteiger partial charge in [-0.2, -0.15) is 0 Å². The Morgan fingerprint density at radius 2 is 1.14 bits per heavy atom. The van der Waals surface area contributed by atoms with E-state index in [1.54, 1.807) is 0 Å². The van der Waals surface area contributed by atoms with Crippen molar-refractivity contribution in [3.63, 3.8) is 0 Å². The fourth-order valence-electron chi connectivity index (χ4n) is 5.42. The molecule has 0 unspecified atom stereocenters. The summed E-state index contributed by atoms with van der Waals surface area (Å²) in [7, 11) is 2.15. The molecule has 0 atom stereocenters. The Morgan fingerprint density at radius 1 is 0.486 bits per heavy atom. The highest BCUT2D eigenvalue weighted by Gasteiger charge is 2.16. The Morgan fingerprint density at radius 3 is 2.06 bits per heavy atom. The SMILES string of the molecule is CN1c2ccccc2C=Cc2cc(-c3ccc4c(c3)c3ccccc3n4-c3ccccc3)ccc21. The van der Waals surface area contributed by atoms with Crippen molar-refractivity contribution < 1.29 is 0 Å². The minimum Gasteiger partial charge on any atom is -0.344 e. The average Bonchev–Trinajstić information content (AvgIpc) is 3.18. The van der Waals surface area contributed by atoms with Gasteiger partial charge in [-0.3, -0.25) is 0 Å². The molecule has 0 saturated heterocycles. The maximum Gasteiger partial charge on any atom is 0.0541 e. The number of aromatic nitrogens is 1. The molecule has 5 aromatic carbocycles. The van der Waals surface area contributed by atoms with Crippen LogP contribution in [0.3, 0.4) is 0 Å². The first kappa shape index (κ1) is 19.9.